The van der Waals surface area contributed by atoms with Gasteiger partial charge < -0.3 is 10.1 Å². The van der Waals surface area contributed by atoms with Gasteiger partial charge in [-0.05, 0) is 19.1 Å². The lowest BCUT2D eigenvalue weighted by Crippen LogP contribution is -2.06. The number of hydrogen-bond acceptors (Lipinski definition) is 5. The summed E-state index contributed by atoms with van der Waals surface area (Å²) in [5.41, 5.74) is 0.822. The Kier molecular flexibility index (Phi) is 3.94. The summed E-state index contributed by atoms with van der Waals surface area (Å²) in [4.78, 5) is 12.6. The Hall–Kier alpha value is -1.88. The molecule has 2 aromatic rings. The van der Waals surface area contributed by atoms with Crippen molar-refractivity contribution in [3.63, 3.8) is 0 Å². The maximum absolute atomic E-state index is 5.95. The molecule has 1 aromatic heterocycles. The third-order valence-electron chi connectivity index (χ3n) is 2.22. The van der Waals surface area contributed by atoms with Crippen molar-refractivity contribution >= 4 is 17.5 Å². The zero-order valence-corrected chi connectivity index (χ0v) is 10.9. The molecule has 1 aromatic carbocycles. The highest BCUT2D eigenvalue weighted by Gasteiger charge is 2.08. The van der Waals surface area contributed by atoms with Gasteiger partial charge in [-0.2, -0.15) is 15.0 Å². The monoisotopic (exact) mass is 264 g/mol. The fraction of sp³-hybridized carbons (Fsp3) is 0.250. The average Bonchev–Trinajstić information content (AvgIpc) is 2.39. The van der Waals surface area contributed by atoms with E-state index in [2.05, 4.69) is 20.3 Å². The molecule has 0 bridgehead atoms. The van der Waals surface area contributed by atoms with Crippen LogP contribution < -0.4 is 10.1 Å². The molecule has 18 heavy (non-hydrogen) atoms. The minimum Gasteiger partial charge on any atom is -0.467 e. The molecule has 0 amide bonds. The number of hydrogen-bond donors (Lipinski definition) is 1. The maximum Gasteiger partial charge on any atom is 0.321 e. The maximum atomic E-state index is 5.95. The molecule has 1 N–H and O–H groups in total. The van der Waals surface area contributed by atoms with E-state index in [1.807, 2.05) is 19.1 Å². The molecule has 0 saturated carbocycles. The van der Waals surface area contributed by atoms with Gasteiger partial charge in [0.2, 0.25) is 5.95 Å². The van der Waals surface area contributed by atoms with Crippen LogP contribution >= 0.6 is 11.6 Å². The van der Waals surface area contributed by atoms with E-state index in [9.17, 15) is 0 Å². The molecule has 5 nitrogen and oxygen atoms in total. The van der Waals surface area contributed by atoms with E-state index >= 15 is 0 Å². The Labute approximate surface area is 110 Å². The van der Waals surface area contributed by atoms with Crippen molar-refractivity contribution in [2.45, 2.75) is 6.92 Å². The highest BCUT2D eigenvalue weighted by Crippen LogP contribution is 2.21. The number of ether oxygens (including phenoxy) is 1. The molecule has 0 saturated heterocycles. The highest BCUT2D eigenvalue weighted by molar-refractivity contribution is 6.30. The molecular weight excluding hydrogens is 252 g/mol. The summed E-state index contributed by atoms with van der Waals surface area (Å²) < 4.78 is 5.06. The van der Waals surface area contributed by atoms with E-state index in [4.69, 9.17) is 16.3 Å². The molecule has 0 atom stereocenters. The van der Waals surface area contributed by atoms with Gasteiger partial charge in [0.25, 0.3) is 0 Å². The fourth-order valence-corrected chi connectivity index (χ4v) is 1.63. The van der Waals surface area contributed by atoms with Gasteiger partial charge in [-0.25, -0.2) is 0 Å². The first-order valence-electron chi connectivity index (χ1n) is 5.53. The lowest BCUT2D eigenvalue weighted by Gasteiger charge is -2.06. The lowest BCUT2D eigenvalue weighted by atomic mass is 10.2. The topological polar surface area (TPSA) is 59.9 Å². The van der Waals surface area contributed by atoms with E-state index in [0.717, 1.165) is 12.1 Å². The van der Waals surface area contributed by atoms with Gasteiger partial charge in [0.05, 0.1) is 7.11 Å². The molecule has 0 aliphatic heterocycles. The predicted molar refractivity (Wildman–Crippen MR) is 71.0 cm³/mol. The molecule has 0 spiro atoms. The first kappa shape index (κ1) is 12.6. The quantitative estimate of drug-likeness (QED) is 0.920. The lowest BCUT2D eigenvalue weighted by molar-refractivity contribution is 0.379. The largest absolute Gasteiger partial charge is 0.467 e. The summed E-state index contributed by atoms with van der Waals surface area (Å²) >= 11 is 5.95. The predicted octanol–water partition coefficient (Wildman–Crippen LogP) is 2.63. The van der Waals surface area contributed by atoms with Crippen molar-refractivity contribution in [1.29, 1.82) is 0 Å². The van der Waals surface area contributed by atoms with Crippen LogP contribution in [-0.2, 0) is 0 Å². The van der Waals surface area contributed by atoms with E-state index in [0.29, 0.717) is 16.8 Å². The fourth-order valence-electron chi connectivity index (χ4n) is 1.44. The molecule has 0 unspecified atom stereocenters. The van der Waals surface area contributed by atoms with Gasteiger partial charge in [-0.1, -0.05) is 23.7 Å². The molecule has 1 heterocycles. The van der Waals surface area contributed by atoms with Crippen LogP contribution in [0.5, 0.6) is 6.01 Å². The van der Waals surface area contributed by atoms with Crippen molar-refractivity contribution in [2.75, 3.05) is 19.0 Å². The normalized spacial score (nSPS) is 10.2. The average molecular weight is 265 g/mol. The summed E-state index contributed by atoms with van der Waals surface area (Å²) in [6.07, 6.45) is 0. The number of benzene rings is 1. The molecule has 0 fully saturated rings. The first-order chi connectivity index (χ1) is 8.72. The Morgan fingerprint density at radius 1 is 1.28 bits per heavy atom. The van der Waals surface area contributed by atoms with Crippen LogP contribution in [0.3, 0.4) is 0 Å². The smallest absolute Gasteiger partial charge is 0.321 e. The molecule has 0 radical (unpaired) electrons. The van der Waals surface area contributed by atoms with Gasteiger partial charge >= 0.3 is 6.01 Å². The third-order valence-corrected chi connectivity index (χ3v) is 2.45. The molecule has 94 valence electrons. The van der Waals surface area contributed by atoms with Crippen molar-refractivity contribution in [3.8, 4) is 17.4 Å². The Balaban J connectivity index is 2.46. The third kappa shape index (κ3) is 2.87. The van der Waals surface area contributed by atoms with Crippen LogP contribution in [-0.4, -0.2) is 28.6 Å². The van der Waals surface area contributed by atoms with Gasteiger partial charge in [-0.3, -0.25) is 0 Å². The number of rotatable bonds is 4. The summed E-state index contributed by atoms with van der Waals surface area (Å²) in [5.74, 6) is 1.01. The van der Waals surface area contributed by atoms with Crippen LogP contribution in [0.4, 0.5) is 5.95 Å². The Morgan fingerprint density at radius 2 is 2.11 bits per heavy atom. The Bertz CT molecular complexity index is 547. The Morgan fingerprint density at radius 3 is 2.78 bits per heavy atom. The molecule has 2 rings (SSSR count). The highest BCUT2D eigenvalue weighted by atomic mass is 35.5. The number of halogens is 1. The number of nitrogens with one attached hydrogen (secondary N) is 1. The molecule has 6 heteroatoms. The number of nitrogens with zero attached hydrogens (tertiary/aromatic N) is 3. The summed E-state index contributed by atoms with van der Waals surface area (Å²) in [6.45, 7) is 2.69. The van der Waals surface area contributed by atoms with Crippen LogP contribution in [0, 0.1) is 0 Å². The first-order valence-corrected chi connectivity index (χ1v) is 5.90. The van der Waals surface area contributed by atoms with E-state index in [1.165, 1.54) is 7.11 Å². The number of methoxy groups -OCH3 is 1. The second-order valence-corrected chi connectivity index (χ2v) is 3.95. The van der Waals surface area contributed by atoms with Crippen molar-refractivity contribution in [2.24, 2.45) is 0 Å². The van der Waals surface area contributed by atoms with Gasteiger partial charge in [0.1, 0.15) is 0 Å². The van der Waals surface area contributed by atoms with Crippen molar-refractivity contribution < 1.29 is 4.74 Å². The molecule has 0 aliphatic carbocycles. The van der Waals surface area contributed by atoms with Crippen molar-refractivity contribution in [1.82, 2.24) is 15.0 Å². The van der Waals surface area contributed by atoms with E-state index in [1.54, 1.807) is 12.1 Å². The standard InChI is InChI=1S/C12H13ClN4O/c1-3-14-11-15-10(16-12(17-11)18-2)8-5-4-6-9(13)7-8/h4-7H,3H2,1-2H3,(H,14,15,16,17). The van der Waals surface area contributed by atoms with Crippen LogP contribution in [0.25, 0.3) is 11.4 Å². The zero-order valence-electron chi connectivity index (χ0n) is 10.1. The molecular formula is C12H13ClN4O. The van der Waals surface area contributed by atoms with Crippen molar-refractivity contribution in [3.05, 3.63) is 29.3 Å². The summed E-state index contributed by atoms with van der Waals surface area (Å²) in [5, 5.41) is 3.67. The van der Waals surface area contributed by atoms with Gasteiger partial charge in [0.15, 0.2) is 5.82 Å². The summed E-state index contributed by atoms with van der Waals surface area (Å²) in [7, 11) is 1.52. The second kappa shape index (κ2) is 5.64. The zero-order chi connectivity index (χ0) is 13.0. The van der Waals surface area contributed by atoms with Crippen LogP contribution in [0.2, 0.25) is 5.02 Å². The number of aromatic nitrogens is 3. The molecule has 0 aliphatic rings. The van der Waals surface area contributed by atoms with Crippen LogP contribution in [0.1, 0.15) is 6.92 Å². The van der Waals surface area contributed by atoms with Gasteiger partial charge in [0, 0.05) is 17.1 Å². The van der Waals surface area contributed by atoms with Crippen LogP contribution in [0.15, 0.2) is 24.3 Å². The van der Waals surface area contributed by atoms with E-state index in [-0.39, 0.29) is 6.01 Å². The second-order valence-electron chi connectivity index (χ2n) is 3.51. The van der Waals surface area contributed by atoms with Gasteiger partial charge in [-0.15, -0.1) is 0 Å². The number of anilines is 1. The summed E-state index contributed by atoms with van der Waals surface area (Å²) in [6, 6.07) is 7.61. The minimum atomic E-state index is 0.274. The van der Waals surface area contributed by atoms with E-state index < -0.39 is 0 Å². The minimum absolute atomic E-state index is 0.274. The SMILES string of the molecule is CCNc1nc(OC)nc(-c2cccc(Cl)c2)n1.